The molecule has 0 bridgehead atoms. The van der Waals surface area contributed by atoms with E-state index in [4.69, 9.17) is 34.4 Å². The van der Waals surface area contributed by atoms with E-state index >= 15 is 0 Å². The zero-order chi connectivity index (χ0) is 54.5. The normalized spacial score (nSPS) is 24.2. The Kier molecular flexibility index (Phi) is 29.7. The first-order chi connectivity index (χ1) is 33.9. The van der Waals surface area contributed by atoms with Crippen molar-refractivity contribution in [1.82, 2.24) is 47.9 Å². The molecule has 0 aromatic carbocycles. The minimum Gasteiger partial charge on any atom is -0.394 e. The molecule has 24 N–H and O–H groups in total. The third kappa shape index (κ3) is 24.9. The van der Waals surface area contributed by atoms with Crippen LogP contribution in [0.25, 0.3) is 0 Å². The number of rotatable bonds is 20. The van der Waals surface area contributed by atoms with Crippen molar-refractivity contribution in [2.24, 2.45) is 55.3 Å². The molecular weight excluding hydrogens is 969 g/mol. The van der Waals surface area contributed by atoms with Crippen LogP contribution in [0, 0.1) is 5.92 Å². The van der Waals surface area contributed by atoms with E-state index in [1.54, 1.807) is 20.1 Å². The van der Waals surface area contributed by atoms with Crippen molar-refractivity contribution in [3.63, 3.8) is 0 Å². The Bertz CT molecular complexity index is 1910. The fourth-order valence-electron chi connectivity index (χ4n) is 6.73. The number of hydrogen-bond donors (Lipinski definition) is 18. The van der Waals surface area contributed by atoms with Gasteiger partial charge in [-0.2, -0.15) is 11.8 Å². The van der Waals surface area contributed by atoms with Gasteiger partial charge in [0.15, 0.2) is 17.9 Å². The smallest absolute Gasteiger partial charge is 0.245 e. The van der Waals surface area contributed by atoms with Crippen LogP contribution in [0.4, 0.5) is 0 Å². The highest BCUT2D eigenvalue weighted by atomic mass is 32.2. The summed E-state index contributed by atoms with van der Waals surface area (Å²) >= 11 is 1.31. The number of thioether (sulfide) groups is 1. The van der Waals surface area contributed by atoms with Gasteiger partial charge in [0.25, 0.3) is 0 Å². The van der Waals surface area contributed by atoms with Crippen LogP contribution < -0.4 is 82.3 Å². The monoisotopic (exact) mass is 1040 g/mol. The number of nitrogens with two attached hydrogens (primary N) is 6. The molecule has 72 heavy (non-hydrogen) atoms. The Hall–Kier alpha value is -6.73. The lowest BCUT2D eigenvalue weighted by molar-refractivity contribution is -0.137. The number of aliphatic hydroxyl groups excluding tert-OH is 3. The summed E-state index contributed by atoms with van der Waals surface area (Å²) in [7, 11) is 0. The minimum absolute atomic E-state index is 0.00650. The van der Waals surface area contributed by atoms with Crippen LogP contribution in [0.1, 0.15) is 72.1 Å². The van der Waals surface area contributed by atoms with E-state index in [-0.39, 0.29) is 101 Å². The zero-order valence-electron chi connectivity index (χ0n) is 41.1. The summed E-state index contributed by atoms with van der Waals surface area (Å²) in [4.78, 5) is 135. The molecule has 30 nitrogen and oxygen atoms in total. The molecule has 0 saturated carbocycles. The maximum atomic E-state index is 14.2. The molecular formula is C41H76N18O12S. The molecule has 1 saturated heterocycles. The van der Waals surface area contributed by atoms with Crippen LogP contribution >= 0.6 is 11.8 Å². The van der Waals surface area contributed by atoms with E-state index in [0.717, 1.165) is 6.92 Å². The number of carbonyl (C=O) groups is 9. The molecule has 0 aromatic rings. The summed E-state index contributed by atoms with van der Waals surface area (Å²) < 4.78 is 0. The summed E-state index contributed by atoms with van der Waals surface area (Å²) in [6.45, 7) is 1.81. The second-order valence-corrected chi connectivity index (χ2v) is 18.0. The van der Waals surface area contributed by atoms with Gasteiger partial charge in [0.05, 0.1) is 25.9 Å². The van der Waals surface area contributed by atoms with Crippen molar-refractivity contribution >= 4 is 82.8 Å². The van der Waals surface area contributed by atoms with E-state index in [0.29, 0.717) is 0 Å². The second kappa shape index (κ2) is 33.8. The Labute approximate surface area is 421 Å². The van der Waals surface area contributed by atoms with Crippen molar-refractivity contribution in [3.05, 3.63) is 0 Å². The van der Waals surface area contributed by atoms with Gasteiger partial charge in [-0.25, -0.2) is 0 Å². The molecule has 1 heterocycles. The highest BCUT2D eigenvalue weighted by Crippen LogP contribution is 2.11. The predicted molar refractivity (Wildman–Crippen MR) is 266 cm³/mol. The van der Waals surface area contributed by atoms with Crippen molar-refractivity contribution in [2.45, 2.75) is 127 Å². The fourth-order valence-corrected chi connectivity index (χ4v) is 7.20. The Morgan fingerprint density at radius 1 is 0.514 bits per heavy atom. The Morgan fingerprint density at radius 2 is 0.861 bits per heavy atom. The lowest BCUT2D eigenvalue weighted by Gasteiger charge is -2.29. The van der Waals surface area contributed by atoms with Crippen LogP contribution in [-0.2, 0) is 43.2 Å². The first kappa shape index (κ1) is 63.3. The zero-order valence-corrected chi connectivity index (χ0v) is 41.9. The van der Waals surface area contributed by atoms with E-state index < -0.39 is 127 Å². The van der Waals surface area contributed by atoms with Crippen molar-refractivity contribution in [1.29, 1.82) is 0 Å². The quantitative estimate of drug-likeness (QED) is 0.0306. The van der Waals surface area contributed by atoms with Crippen LogP contribution in [-0.4, -0.2) is 192 Å². The number of aliphatic hydroxyl groups is 3. The summed E-state index contributed by atoms with van der Waals surface area (Å²) in [5, 5.41) is 52.9. The Morgan fingerprint density at radius 3 is 1.25 bits per heavy atom. The van der Waals surface area contributed by atoms with Crippen molar-refractivity contribution < 1.29 is 58.5 Å². The first-order valence-corrected chi connectivity index (χ1v) is 24.6. The summed E-state index contributed by atoms with van der Waals surface area (Å²) in [5.74, 6) is -9.61. The van der Waals surface area contributed by atoms with Gasteiger partial charge in [0.1, 0.15) is 48.3 Å². The predicted octanol–water partition coefficient (Wildman–Crippen LogP) is -8.68. The van der Waals surface area contributed by atoms with Crippen LogP contribution in [0.15, 0.2) is 15.0 Å². The lowest BCUT2D eigenvalue weighted by Crippen LogP contribution is -2.62. The molecule has 1 aliphatic heterocycles. The van der Waals surface area contributed by atoms with Gasteiger partial charge in [-0.3, -0.25) is 58.1 Å². The molecule has 0 aromatic heterocycles. The van der Waals surface area contributed by atoms with Crippen LogP contribution in [0.2, 0.25) is 0 Å². The molecule has 1 fully saturated rings. The Balaban J connectivity index is 3.94. The average Bonchev–Trinajstić information content (AvgIpc) is 3.30. The summed E-state index contributed by atoms with van der Waals surface area (Å²) in [6, 6.07) is -12.3. The van der Waals surface area contributed by atoms with E-state index in [9.17, 15) is 58.5 Å². The largest absolute Gasteiger partial charge is 0.394 e. The minimum atomic E-state index is -1.79. The van der Waals surface area contributed by atoms with E-state index in [1.165, 1.54) is 11.8 Å². The van der Waals surface area contributed by atoms with Gasteiger partial charge in [-0.05, 0) is 76.2 Å². The highest BCUT2D eigenvalue weighted by molar-refractivity contribution is 7.98. The molecule has 0 aliphatic carbocycles. The highest BCUT2D eigenvalue weighted by Gasteiger charge is 2.36. The molecule has 1 aliphatic rings. The van der Waals surface area contributed by atoms with Crippen LogP contribution in [0.3, 0.4) is 0 Å². The van der Waals surface area contributed by atoms with Gasteiger partial charge >= 0.3 is 0 Å². The molecule has 1 rings (SSSR count). The van der Waals surface area contributed by atoms with Gasteiger partial charge in [0.2, 0.25) is 53.2 Å². The molecule has 0 unspecified atom stereocenters. The maximum Gasteiger partial charge on any atom is 0.245 e. The number of hydrogen-bond acceptors (Lipinski definition) is 16. The van der Waals surface area contributed by atoms with Gasteiger partial charge in [0, 0.05) is 19.6 Å². The molecule has 31 heteroatoms. The van der Waals surface area contributed by atoms with Crippen LogP contribution in [0.5, 0.6) is 0 Å². The van der Waals surface area contributed by atoms with Gasteiger partial charge in [-0.15, -0.1) is 0 Å². The lowest BCUT2D eigenvalue weighted by atomic mass is 10.0. The van der Waals surface area contributed by atoms with Crippen molar-refractivity contribution in [3.8, 4) is 0 Å². The maximum absolute atomic E-state index is 14.2. The fraction of sp³-hybridized carbons (Fsp3) is 0.707. The number of guanidine groups is 3. The second-order valence-electron chi connectivity index (χ2n) is 17.1. The number of carbonyl (C=O) groups excluding carboxylic acids is 9. The molecule has 408 valence electrons. The third-order valence-electron chi connectivity index (χ3n) is 10.5. The number of nitrogens with zero attached hydrogens (tertiary/aromatic N) is 3. The number of aliphatic imine (C=N–C) groups is 3. The molecule has 9 amide bonds. The topological polar surface area (TPSA) is 516 Å². The molecule has 0 radical (unpaired) electrons. The number of amides is 9. The van der Waals surface area contributed by atoms with E-state index in [1.807, 2.05) is 0 Å². The third-order valence-corrected chi connectivity index (χ3v) is 11.1. The average molecular weight is 1050 g/mol. The summed E-state index contributed by atoms with van der Waals surface area (Å²) in [5.41, 5.74) is 32.7. The van der Waals surface area contributed by atoms with Gasteiger partial charge < -0.3 is 97.6 Å². The number of nitrogens with one attached hydrogen (secondary N) is 9. The van der Waals surface area contributed by atoms with Crippen molar-refractivity contribution in [2.75, 3.05) is 51.4 Å². The summed E-state index contributed by atoms with van der Waals surface area (Å²) in [6.07, 6.45) is -0.0195. The first-order valence-electron chi connectivity index (χ1n) is 23.2. The van der Waals surface area contributed by atoms with E-state index in [2.05, 4.69) is 62.8 Å². The van der Waals surface area contributed by atoms with Gasteiger partial charge in [-0.1, -0.05) is 13.8 Å². The SMILES string of the molecule is CSCC[C@@H]1NC(=O)[C@H]([C@@H](C)O)NC(=O)[C@H](CO)NC(=O)[C@H](CCCN=C(N)N)NC(=O)CNC(=O)[C@H](CO)NC(=O)[C@H](CCCN=C(N)N)NC(=O)[C@H](CC(C)C)NC(=O)[C@H](CCCN=C(N)N)NC1=O. The standard InChI is InChI=1S/C41H76N18O12S/c1-20(2)16-26-36(69)54-24(10-7-14-50-41(46)47)34(67)57-27(18-60)31(64)51-17-29(63)52-22(8-5-12-48-39(42)43)32(65)58-28(19-61)37(70)59-30(21(3)62)38(71)55-25(11-15-72-4)35(68)53-23(33(66)56-26)9-6-13-49-40(44)45/h20-28,30,60-62H,5-19H2,1-4H3,(H,51,64)(H,52,63)(H,53,68)(H,54,69)(H,55,71)(H,56,66)(H,57,67)(H,58,65)(H,59,70)(H4,42,43,48)(H4,44,45,49)(H4,46,47,50)/t21-,22+,23+,24+,25+,26+,27+,28+,30+/m1/s1. The molecule has 0 spiro atoms. The molecule has 9 atom stereocenters.